The van der Waals surface area contributed by atoms with Crippen molar-refractivity contribution in [3.8, 4) is 5.75 Å². The summed E-state index contributed by atoms with van der Waals surface area (Å²) in [5.41, 5.74) is 1.18. The van der Waals surface area contributed by atoms with E-state index in [9.17, 15) is 9.59 Å². The van der Waals surface area contributed by atoms with E-state index < -0.39 is 0 Å². The number of piperidine rings is 3. The van der Waals surface area contributed by atoms with Crippen molar-refractivity contribution < 1.29 is 24.2 Å². The Bertz CT molecular complexity index is 784. The molecule has 1 aromatic rings. The summed E-state index contributed by atoms with van der Waals surface area (Å²) >= 11 is 0. The zero-order valence-corrected chi connectivity index (χ0v) is 19.0. The van der Waals surface area contributed by atoms with Crippen molar-refractivity contribution in [1.82, 2.24) is 15.1 Å². The summed E-state index contributed by atoms with van der Waals surface area (Å²) in [6.07, 6.45) is 4.86. The smallest absolute Gasteiger partial charge is 0.290 e. The zero-order chi connectivity index (χ0) is 23.1. The standard InChI is InChI=1S/C23H33N3O3.CH2O2/c1-16-6-8-20(9-7-16)29-15-23(28)25-13-18-11-19(14-25)22(12-24-17(2)27)26-10-4-3-5-21(18)26;2-1-3/h6-9,18-19,21-22H,3-5,10-15H2,1-2H3,(H,24,27);1H,(H,2,3)/t18-,19+,21+,22+;/m1./s1. The summed E-state index contributed by atoms with van der Waals surface area (Å²) in [7, 11) is 0. The topological polar surface area (TPSA) is 99.2 Å². The van der Waals surface area contributed by atoms with Crippen molar-refractivity contribution in [1.29, 1.82) is 0 Å². The first-order valence-electron chi connectivity index (χ1n) is 11.5. The van der Waals surface area contributed by atoms with Gasteiger partial charge in [-0.3, -0.25) is 19.3 Å². The number of nitrogens with one attached hydrogen (secondary N) is 1. The van der Waals surface area contributed by atoms with Gasteiger partial charge in [-0.1, -0.05) is 24.1 Å². The predicted octanol–water partition coefficient (Wildman–Crippen LogP) is 1.91. The molecule has 2 amide bonds. The van der Waals surface area contributed by atoms with Crippen LogP contribution in [0.2, 0.25) is 0 Å². The van der Waals surface area contributed by atoms with Crippen LogP contribution >= 0.6 is 0 Å². The van der Waals surface area contributed by atoms with Gasteiger partial charge in [-0.2, -0.15) is 0 Å². The lowest BCUT2D eigenvalue weighted by Gasteiger charge is -2.56. The Kier molecular flexibility index (Phi) is 8.50. The molecular formula is C24H35N3O5. The zero-order valence-electron chi connectivity index (χ0n) is 19.0. The molecule has 8 heteroatoms. The van der Waals surface area contributed by atoms with E-state index in [4.69, 9.17) is 14.6 Å². The molecule has 0 saturated carbocycles. The molecule has 2 N–H and O–H groups in total. The van der Waals surface area contributed by atoms with Gasteiger partial charge in [0.15, 0.2) is 6.61 Å². The van der Waals surface area contributed by atoms with Crippen molar-refractivity contribution in [2.75, 3.05) is 32.8 Å². The summed E-state index contributed by atoms with van der Waals surface area (Å²) in [6.45, 7) is 6.86. The van der Waals surface area contributed by atoms with Crippen LogP contribution in [-0.4, -0.2) is 78.1 Å². The maximum atomic E-state index is 12.9. The van der Waals surface area contributed by atoms with Crippen molar-refractivity contribution in [3.63, 3.8) is 0 Å². The molecule has 8 nitrogen and oxygen atoms in total. The highest BCUT2D eigenvalue weighted by Crippen LogP contribution is 2.41. The van der Waals surface area contributed by atoms with Gasteiger partial charge < -0.3 is 20.1 Å². The Balaban J connectivity index is 0.000000913. The molecule has 3 heterocycles. The Morgan fingerprint density at radius 3 is 2.56 bits per heavy atom. The molecule has 3 aliphatic heterocycles. The number of carboxylic acid groups (broad SMARTS) is 1. The second-order valence-electron chi connectivity index (χ2n) is 9.07. The summed E-state index contributed by atoms with van der Waals surface area (Å²) in [4.78, 5) is 37.5. The van der Waals surface area contributed by atoms with Gasteiger partial charge in [0.25, 0.3) is 12.4 Å². The van der Waals surface area contributed by atoms with E-state index in [2.05, 4.69) is 10.2 Å². The fraction of sp³-hybridized carbons (Fsp3) is 0.625. The summed E-state index contributed by atoms with van der Waals surface area (Å²) in [5.74, 6) is 1.78. The number of fused-ring (bicyclic) bond motifs is 4. The van der Waals surface area contributed by atoms with E-state index in [0.717, 1.165) is 31.8 Å². The molecule has 0 spiro atoms. The molecule has 2 bridgehead atoms. The first kappa shape index (κ1) is 24.0. The number of nitrogens with zero attached hydrogens (tertiary/aromatic N) is 2. The number of carbonyl (C=O) groups is 3. The number of ether oxygens (including phenoxy) is 1. The van der Waals surface area contributed by atoms with E-state index >= 15 is 0 Å². The van der Waals surface area contributed by atoms with Crippen LogP contribution in [0.1, 0.15) is 38.2 Å². The number of carbonyl (C=O) groups excluding carboxylic acids is 2. The molecule has 1 aromatic carbocycles. The molecule has 176 valence electrons. The van der Waals surface area contributed by atoms with Crippen LogP contribution in [0.5, 0.6) is 5.75 Å². The van der Waals surface area contributed by atoms with Gasteiger partial charge in [0.05, 0.1) is 0 Å². The Morgan fingerprint density at radius 1 is 1.19 bits per heavy atom. The molecule has 0 aromatic heterocycles. The number of rotatable bonds is 5. The van der Waals surface area contributed by atoms with Gasteiger partial charge >= 0.3 is 0 Å². The third-order valence-electron chi connectivity index (χ3n) is 6.92. The van der Waals surface area contributed by atoms with Crippen molar-refractivity contribution in [2.45, 2.75) is 51.6 Å². The second-order valence-corrected chi connectivity index (χ2v) is 9.07. The maximum Gasteiger partial charge on any atom is 0.290 e. The minimum absolute atomic E-state index is 0.0240. The molecule has 3 saturated heterocycles. The Morgan fingerprint density at radius 2 is 1.88 bits per heavy atom. The molecule has 3 aliphatic rings. The van der Waals surface area contributed by atoms with Crippen LogP contribution in [0, 0.1) is 18.8 Å². The van der Waals surface area contributed by atoms with E-state index in [1.165, 1.54) is 24.8 Å². The highest BCUT2D eigenvalue weighted by atomic mass is 16.5. The van der Waals surface area contributed by atoms with Crippen LogP contribution in [0.15, 0.2) is 24.3 Å². The fourth-order valence-electron chi connectivity index (χ4n) is 5.51. The normalized spacial score (nSPS) is 26.8. The van der Waals surface area contributed by atoms with Crippen molar-refractivity contribution in [3.05, 3.63) is 29.8 Å². The number of hydrogen-bond donors (Lipinski definition) is 2. The van der Waals surface area contributed by atoms with Crippen molar-refractivity contribution >= 4 is 18.3 Å². The highest BCUT2D eigenvalue weighted by Gasteiger charge is 2.47. The largest absolute Gasteiger partial charge is 0.484 e. The number of hydrogen-bond acceptors (Lipinski definition) is 5. The van der Waals surface area contributed by atoms with Gasteiger partial charge in [-0.25, -0.2) is 0 Å². The van der Waals surface area contributed by atoms with E-state index in [0.29, 0.717) is 30.5 Å². The van der Waals surface area contributed by atoms with Crippen LogP contribution in [-0.2, 0) is 14.4 Å². The van der Waals surface area contributed by atoms with Gasteiger partial charge in [0.1, 0.15) is 5.75 Å². The molecule has 4 rings (SSSR count). The molecule has 4 atom stereocenters. The first-order valence-corrected chi connectivity index (χ1v) is 11.5. The average Bonchev–Trinajstić information content (AvgIpc) is 2.78. The van der Waals surface area contributed by atoms with Gasteiger partial charge in [0.2, 0.25) is 5.91 Å². The number of benzene rings is 1. The SMILES string of the molecule is CC(=O)NC[C@H]1[C@H]2C[C@H](CN(C(=O)COc3ccc(C)cc3)C2)[C@@H]2CCCCN21.O=CO. The third kappa shape index (κ3) is 6.00. The Labute approximate surface area is 189 Å². The first-order chi connectivity index (χ1) is 15.4. The second kappa shape index (κ2) is 11.3. The van der Waals surface area contributed by atoms with Crippen LogP contribution in [0.4, 0.5) is 0 Å². The van der Waals surface area contributed by atoms with E-state index in [1.54, 1.807) is 6.92 Å². The number of likely N-dealkylation sites (tertiary alicyclic amines) is 1. The molecule has 0 radical (unpaired) electrons. The van der Waals surface area contributed by atoms with E-state index in [-0.39, 0.29) is 24.9 Å². The van der Waals surface area contributed by atoms with Gasteiger partial charge in [-0.05, 0) is 56.7 Å². The van der Waals surface area contributed by atoms with Gasteiger partial charge in [0, 0.05) is 38.6 Å². The molecule has 3 fully saturated rings. The molecule has 0 aliphatic carbocycles. The average molecular weight is 446 g/mol. The minimum atomic E-state index is -0.250. The van der Waals surface area contributed by atoms with Crippen LogP contribution in [0.3, 0.4) is 0 Å². The maximum absolute atomic E-state index is 12.9. The number of amides is 2. The molecule has 0 unspecified atom stereocenters. The predicted molar refractivity (Wildman–Crippen MR) is 120 cm³/mol. The number of aryl methyl sites for hydroxylation is 1. The van der Waals surface area contributed by atoms with Crippen molar-refractivity contribution in [2.24, 2.45) is 11.8 Å². The van der Waals surface area contributed by atoms with E-state index in [1.807, 2.05) is 36.1 Å². The van der Waals surface area contributed by atoms with Crippen LogP contribution < -0.4 is 10.1 Å². The lowest BCUT2D eigenvalue weighted by Crippen LogP contribution is -2.66. The van der Waals surface area contributed by atoms with Gasteiger partial charge in [-0.15, -0.1) is 0 Å². The minimum Gasteiger partial charge on any atom is -0.484 e. The quantitative estimate of drug-likeness (QED) is 0.672. The Hall–Kier alpha value is -2.61. The lowest BCUT2D eigenvalue weighted by molar-refractivity contribution is -0.143. The fourth-order valence-corrected chi connectivity index (χ4v) is 5.51. The van der Waals surface area contributed by atoms with Crippen LogP contribution in [0.25, 0.3) is 0 Å². The molecule has 32 heavy (non-hydrogen) atoms. The molecular weight excluding hydrogens is 410 g/mol. The summed E-state index contributed by atoms with van der Waals surface area (Å²) in [5, 5.41) is 9.93. The summed E-state index contributed by atoms with van der Waals surface area (Å²) in [6, 6.07) is 8.68. The monoisotopic (exact) mass is 445 g/mol. The lowest BCUT2D eigenvalue weighted by atomic mass is 9.72. The third-order valence-corrected chi connectivity index (χ3v) is 6.92. The highest BCUT2D eigenvalue weighted by molar-refractivity contribution is 5.78. The summed E-state index contributed by atoms with van der Waals surface area (Å²) < 4.78 is 5.75.